The number of aryl methyl sites for hydroxylation is 2. The van der Waals surface area contributed by atoms with E-state index in [-0.39, 0.29) is 5.56 Å². The lowest BCUT2D eigenvalue weighted by molar-refractivity contribution is 0.873. The molecule has 5 nitrogen and oxygen atoms in total. The number of rotatable bonds is 0. The van der Waals surface area contributed by atoms with Crippen molar-refractivity contribution in [2.45, 2.75) is 6.92 Å². The van der Waals surface area contributed by atoms with E-state index in [0.717, 1.165) is 16.6 Å². The molecule has 0 radical (unpaired) electrons. The first kappa shape index (κ1) is 15.7. The van der Waals surface area contributed by atoms with Crippen molar-refractivity contribution in [3.8, 4) is 0 Å². The van der Waals surface area contributed by atoms with Crippen LogP contribution in [0.15, 0.2) is 59.5 Å². The number of pyridine rings is 1. The zero-order valence-electron chi connectivity index (χ0n) is 13.7. The Morgan fingerprint density at radius 1 is 1.00 bits per heavy atom. The monoisotopic (exact) mass is 320 g/mol. The minimum Gasteiger partial charge on any atom is -0.399 e. The minimum absolute atomic E-state index is 0.00944. The molecule has 0 bridgehead atoms. The van der Waals surface area contributed by atoms with Gasteiger partial charge in [0.15, 0.2) is 0 Å². The van der Waals surface area contributed by atoms with Crippen LogP contribution in [0.25, 0.3) is 21.7 Å². The summed E-state index contributed by atoms with van der Waals surface area (Å²) in [5.74, 6) is 0. The average Bonchev–Trinajstić information content (AvgIpc) is 2.91. The summed E-state index contributed by atoms with van der Waals surface area (Å²) in [5, 5.41) is 2.68. The number of anilines is 2. The smallest absolute Gasteiger partial charge is 0.258 e. The molecule has 2 aromatic carbocycles. The number of fused-ring (bicyclic) bond motifs is 2. The van der Waals surface area contributed by atoms with Crippen molar-refractivity contribution in [3.05, 3.63) is 70.8 Å². The number of nitrogens with one attached hydrogen (secondary N) is 1. The van der Waals surface area contributed by atoms with Gasteiger partial charge >= 0.3 is 0 Å². The Hall–Kier alpha value is -3.21. The molecular weight excluding hydrogens is 300 g/mol. The fourth-order valence-corrected chi connectivity index (χ4v) is 2.70. The lowest BCUT2D eigenvalue weighted by Crippen LogP contribution is -2.15. The minimum atomic E-state index is -0.00944. The summed E-state index contributed by atoms with van der Waals surface area (Å²) in [6.45, 7) is 2.04. The van der Waals surface area contributed by atoms with Gasteiger partial charge in [0, 0.05) is 52.0 Å². The number of nitrogen functional groups attached to an aromatic ring is 2. The third kappa shape index (κ3) is 2.96. The van der Waals surface area contributed by atoms with Crippen LogP contribution in [0.2, 0.25) is 0 Å². The summed E-state index contributed by atoms with van der Waals surface area (Å²) in [6, 6.07) is 15.2. The van der Waals surface area contributed by atoms with Crippen LogP contribution in [0.3, 0.4) is 0 Å². The predicted molar refractivity (Wildman–Crippen MR) is 101 cm³/mol. The van der Waals surface area contributed by atoms with Gasteiger partial charge in [-0.3, -0.25) is 4.79 Å². The molecule has 5 N–H and O–H groups in total. The first-order valence-electron chi connectivity index (χ1n) is 7.64. The molecule has 0 spiro atoms. The van der Waals surface area contributed by atoms with Crippen molar-refractivity contribution < 1.29 is 0 Å². The van der Waals surface area contributed by atoms with E-state index in [1.165, 1.54) is 11.1 Å². The Morgan fingerprint density at radius 3 is 2.58 bits per heavy atom. The summed E-state index contributed by atoms with van der Waals surface area (Å²) < 4.78 is 1.54. The van der Waals surface area contributed by atoms with Gasteiger partial charge in [-0.15, -0.1) is 0 Å². The molecule has 24 heavy (non-hydrogen) atoms. The van der Waals surface area contributed by atoms with Gasteiger partial charge < -0.3 is 21.0 Å². The van der Waals surface area contributed by atoms with Crippen LogP contribution in [-0.2, 0) is 7.05 Å². The number of hydrogen-bond donors (Lipinski definition) is 3. The van der Waals surface area contributed by atoms with Crippen LogP contribution >= 0.6 is 0 Å². The topological polar surface area (TPSA) is 89.8 Å². The van der Waals surface area contributed by atoms with Crippen molar-refractivity contribution >= 4 is 33.1 Å². The number of H-pyrrole nitrogens is 1. The molecule has 0 saturated heterocycles. The first-order chi connectivity index (χ1) is 11.5. The Labute approximate surface area is 139 Å². The average molecular weight is 320 g/mol. The second kappa shape index (κ2) is 6.12. The molecule has 0 fully saturated rings. The van der Waals surface area contributed by atoms with Crippen LogP contribution in [0.5, 0.6) is 0 Å². The van der Waals surface area contributed by atoms with E-state index in [2.05, 4.69) is 11.1 Å². The van der Waals surface area contributed by atoms with Gasteiger partial charge in [0.05, 0.1) is 0 Å². The summed E-state index contributed by atoms with van der Waals surface area (Å²) in [5.41, 5.74) is 15.1. The third-order valence-electron chi connectivity index (χ3n) is 3.93. The van der Waals surface area contributed by atoms with Crippen LogP contribution < -0.4 is 17.0 Å². The van der Waals surface area contributed by atoms with Gasteiger partial charge in [0.1, 0.15) is 0 Å². The molecule has 4 aromatic rings. The van der Waals surface area contributed by atoms with E-state index in [1.54, 1.807) is 36.0 Å². The maximum Gasteiger partial charge on any atom is 0.258 e. The van der Waals surface area contributed by atoms with Gasteiger partial charge in [0.2, 0.25) is 0 Å². The standard InChI is InChI=1S/C10H10N2O.C9H10N2/c1-12-6-5-7-8(10(12)13)3-2-4-9(7)11;1-6-4-7-5-8(10)2-3-9(7)11-6/h2-6H,11H2,1H3;2-5,11H,10H2,1H3. The van der Waals surface area contributed by atoms with Crippen LogP contribution in [0, 0.1) is 6.92 Å². The number of benzene rings is 2. The number of nitrogens with two attached hydrogens (primary N) is 2. The maximum atomic E-state index is 11.6. The van der Waals surface area contributed by atoms with Crippen molar-refractivity contribution in [1.29, 1.82) is 0 Å². The summed E-state index contributed by atoms with van der Waals surface area (Å²) in [6.07, 6.45) is 1.72. The molecule has 4 rings (SSSR count). The number of aromatic nitrogens is 2. The van der Waals surface area contributed by atoms with Gasteiger partial charge in [-0.1, -0.05) is 6.07 Å². The normalized spacial score (nSPS) is 10.6. The van der Waals surface area contributed by atoms with Gasteiger partial charge in [-0.25, -0.2) is 0 Å². The first-order valence-corrected chi connectivity index (χ1v) is 7.64. The van der Waals surface area contributed by atoms with E-state index in [0.29, 0.717) is 11.1 Å². The van der Waals surface area contributed by atoms with Crippen LogP contribution in [-0.4, -0.2) is 9.55 Å². The van der Waals surface area contributed by atoms with Crippen molar-refractivity contribution in [3.63, 3.8) is 0 Å². The molecule has 0 aliphatic carbocycles. The van der Waals surface area contributed by atoms with E-state index in [4.69, 9.17) is 11.5 Å². The molecule has 0 amide bonds. The molecule has 0 aliphatic heterocycles. The second-order valence-corrected chi connectivity index (χ2v) is 5.84. The molecule has 122 valence electrons. The highest BCUT2D eigenvalue weighted by molar-refractivity contribution is 5.91. The summed E-state index contributed by atoms with van der Waals surface area (Å²) in [4.78, 5) is 14.8. The fraction of sp³-hybridized carbons (Fsp3) is 0.105. The van der Waals surface area contributed by atoms with E-state index < -0.39 is 0 Å². The zero-order chi connectivity index (χ0) is 17.3. The largest absolute Gasteiger partial charge is 0.399 e. The van der Waals surface area contributed by atoms with Gasteiger partial charge in [-0.2, -0.15) is 0 Å². The van der Waals surface area contributed by atoms with E-state index in [1.807, 2.05) is 31.2 Å². The molecule has 2 heterocycles. The third-order valence-corrected chi connectivity index (χ3v) is 3.93. The van der Waals surface area contributed by atoms with Gasteiger partial charge in [-0.05, 0) is 49.4 Å². The Kier molecular flexibility index (Phi) is 4.00. The highest BCUT2D eigenvalue weighted by Crippen LogP contribution is 2.17. The molecule has 0 unspecified atom stereocenters. The maximum absolute atomic E-state index is 11.6. The SMILES string of the molecule is Cc1cc2cc(N)ccc2[nH]1.Cn1ccc2c(N)cccc2c1=O. The highest BCUT2D eigenvalue weighted by Gasteiger charge is 2.01. The Morgan fingerprint density at radius 2 is 1.79 bits per heavy atom. The molecule has 0 saturated carbocycles. The van der Waals surface area contributed by atoms with Crippen molar-refractivity contribution in [2.24, 2.45) is 7.05 Å². The zero-order valence-corrected chi connectivity index (χ0v) is 13.7. The molecule has 0 aliphatic rings. The summed E-state index contributed by atoms with van der Waals surface area (Å²) in [7, 11) is 1.73. The van der Waals surface area contributed by atoms with Crippen molar-refractivity contribution in [2.75, 3.05) is 11.5 Å². The van der Waals surface area contributed by atoms with E-state index >= 15 is 0 Å². The lowest BCUT2D eigenvalue weighted by Gasteiger charge is -2.02. The highest BCUT2D eigenvalue weighted by atomic mass is 16.1. The second-order valence-electron chi connectivity index (χ2n) is 5.84. The molecular formula is C19H20N4O. The molecule has 0 atom stereocenters. The van der Waals surface area contributed by atoms with E-state index in [9.17, 15) is 4.79 Å². The Balaban J connectivity index is 0.000000143. The van der Waals surface area contributed by atoms with Crippen LogP contribution in [0.1, 0.15) is 5.69 Å². The lowest BCUT2D eigenvalue weighted by atomic mass is 10.1. The number of hydrogen-bond acceptors (Lipinski definition) is 3. The van der Waals surface area contributed by atoms with Crippen molar-refractivity contribution in [1.82, 2.24) is 9.55 Å². The fourth-order valence-electron chi connectivity index (χ4n) is 2.70. The summed E-state index contributed by atoms with van der Waals surface area (Å²) >= 11 is 0. The molecule has 2 aromatic heterocycles. The number of nitrogens with zero attached hydrogens (tertiary/aromatic N) is 1. The van der Waals surface area contributed by atoms with Gasteiger partial charge in [0.25, 0.3) is 5.56 Å². The number of aromatic amines is 1. The van der Waals surface area contributed by atoms with Crippen LogP contribution in [0.4, 0.5) is 11.4 Å². The Bertz CT molecular complexity index is 1080. The quantitative estimate of drug-likeness (QED) is 0.435. The molecule has 5 heteroatoms. The predicted octanol–water partition coefficient (Wildman–Crippen LogP) is 3.18.